The molecule has 0 bridgehead atoms. The van der Waals surface area contributed by atoms with E-state index in [1.54, 1.807) is 0 Å². The summed E-state index contributed by atoms with van der Waals surface area (Å²) in [5, 5.41) is 5.61. The fourth-order valence-electron chi connectivity index (χ4n) is 3.27. The van der Waals surface area contributed by atoms with Crippen molar-refractivity contribution in [1.82, 2.24) is 19.9 Å². The summed E-state index contributed by atoms with van der Waals surface area (Å²) in [6, 6.07) is 4.11. The van der Waals surface area contributed by atoms with Gasteiger partial charge in [0.2, 0.25) is 10.0 Å². The summed E-state index contributed by atoms with van der Waals surface area (Å²) in [6.07, 6.45) is 1.10. The Balaban J connectivity index is 1.58. The van der Waals surface area contributed by atoms with Gasteiger partial charge < -0.3 is 15.1 Å². The van der Waals surface area contributed by atoms with Crippen molar-refractivity contribution >= 4 is 27.2 Å². The van der Waals surface area contributed by atoms with Crippen molar-refractivity contribution in [2.24, 2.45) is 0 Å². The third-order valence-electron chi connectivity index (χ3n) is 4.68. The Kier molecular flexibility index (Phi) is 3.22. The fourth-order valence-corrected chi connectivity index (χ4v) is 4.73. The molecule has 0 atom stereocenters. The van der Waals surface area contributed by atoms with Crippen LogP contribution < -0.4 is 16.4 Å². The molecule has 3 heterocycles. The number of carbonyl (C=O) groups is 1. The molecule has 1 aromatic heterocycles. The summed E-state index contributed by atoms with van der Waals surface area (Å²) in [7, 11) is -3.68. The second kappa shape index (κ2) is 5.08. The van der Waals surface area contributed by atoms with E-state index in [1.165, 1.54) is 22.5 Å². The molecular formula is C14H16N4O5S. The molecule has 10 heteroatoms. The van der Waals surface area contributed by atoms with Gasteiger partial charge in [-0.15, -0.1) is 0 Å². The summed E-state index contributed by atoms with van der Waals surface area (Å²) in [6.45, 7) is 1.15. The molecule has 2 aliphatic heterocycles. The lowest BCUT2D eigenvalue weighted by Gasteiger charge is -2.37. The first kappa shape index (κ1) is 15.2. The summed E-state index contributed by atoms with van der Waals surface area (Å²) in [5.74, 6) is -0.621. The van der Waals surface area contributed by atoms with Crippen molar-refractivity contribution < 1.29 is 17.6 Å². The number of piperidine rings is 1. The van der Waals surface area contributed by atoms with Crippen molar-refractivity contribution in [2.75, 3.05) is 19.6 Å². The van der Waals surface area contributed by atoms with E-state index in [-0.39, 0.29) is 22.0 Å². The van der Waals surface area contributed by atoms with Crippen LogP contribution in [0.2, 0.25) is 0 Å². The van der Waals surface area contributed by atoms with Gasteiger partial charge in [-0.2, -0.15) is 4.31 Å². The van der Waals surface area contributed by atoms with Gasteiger partial charge in [0, 0.05) is 25.7 Å². The Labute approximate surface area is 137 Å². The van der Waals surface area contributed by atoms with Crippen LogP contribution in [0.4, 0.5) is 4.79 Å². The van der Waals surface area contributed by atoms with Crippen LogP contribution in [0.3, 0.4) is 0 Å². The monoisotopic (exact) mass is 352 g/mol. The lowest BCUT2D eigenvalue weighted by atomic mass is 9.90. The van der Waals surface area contributed by atoms with Crippen LogP contribution in [0.5, 0.6) is 0 Å². The predicted octanol–water partition coefficient (Wildman–Crippen LogP) is -0.0428. The third-order valence-corrected chi connectivity index (χ3v) is 6.57. The molecule has 0 radical (unpaired) electrons. The van der Waals surface area contributed by atoms with E-state index in [2.05, 4.69) is 15.6 Å². The first-order valence-corrected chi connectivity index (χ1v) is 9.01. The molecule has 2 fully saturated rings. The Hall–Kier alpha value is -2.33. The van der Waals surface area contributed by atoms with Gasteiger partial charge >= 0.3 is 11.8 Å². The van der Waals surface area contributed by atoms with E-state index in [1.807, 2.05) is 0 Å². The van der Waals surface area contributed by atoms with Crippen molar-refractivity contribution in [1.29, 1.82) is 0 Å². The first-order valence-electron chi connectivity index (χ1n) is 7.57. The fraction of sp³-hybridized carbons (Fsp3) is 0.429. The molecule has 1 aromatic carbocycles. The molecule has 0 unspecified atom stereocenters. The number of nitrogens with zero attached hydrogens (tertiary/aromatic N) is 1. The zero-order valence-electron chi connectivity index (χ0n) is 12.7. The molecule has 128 valence electrons. The zero-order valence-corrected chi connectivity index (χ0v) is 13.5. The Morgan fingerprint density at radius 2 is 1.92 bits per heavy atom. The van der Waals surface area contributed by atoms with Gasteiger partial charge in [-0.25, -0.2) is 18.0 Å². The van der Waals surface area contributed by atoms with Crippen LogP contribution in [0.1, 0.15) is 12.8 Å². The number of nitrogens with one attached hydrogen (secondary N) is 3. The van der Waals surface area contributed by atoms with Gasteiger partial charge in [0.05, 0.1) is 16.0 Å². The lowest BCUT2D eigenvalue weighted by molar-refractivity contribution is 0.216. The van der Waals surface area contributed by atoms with Gasteiger partial charge in [-0.1, -0.05) is 0 Å². The van der Waals surface area contributed by atoms with Crippen molar-refractivity contribution in [3.05, 3.63) is 28.7 Å². The molecular weight excluding hydrogens is 336 g/mol. The van der Waals surface area contributed by atoms with Gasteiger partial charge in [-0.05, 0) is 25.0 Å². The first-order chi connectivity index (χ1) is 11.4. The largest absolute Gasteiger partial charge is 0.417 e. The minimum atomic E-state index is -3.68. The van der Waals surface area contributed by atoms with Crippen LogP contribution >= 0.6 is 0 Å². The number of aromatic nitrogens is 1. The van der Waals surface area contributed by atoms with Crippen molar-refractivity contribution in [2.45, 2.75) is 23.3 Å². The number of hydrogen-bond donors (Lipinski definition) is 3. The number of amides is 2. The van der Waals surface area contributed by atoms with E-state index in [9.17, 15) is 18.0 Å². The number of benzene rings is 1. The quantitative estimate of drug-likeness (QED) is 0.699. The molecule has 3 N–H and O–H groups in total. The van der Waals surface area contributed by atoms with Crippen molar-refractivity contribution in [3.8, 4) is 0 Å². The average molecular weight is 352 g/mol. The number of H-pyrrole nitrogens is 1. The second-order valence-corrected chi connectivity index (χ2v) is 8.10. The minimum absolute atomic E-state index is 0.0854. The van der Waals surface area contributed by atoms with Gasteiger partial charge in [0.1, 0.15) is 0 Å². The molecule has 0 saturated carbocycles. The van der Waals surface area contributed by atoms with E-state index >= 15 is 0 Å². The van der Waals surface area contributed by atoms with Crippen LogP contribution in [0.25, 0.3) is 11.1 Å². The number of urea groups is 1. The van der Waals surface area contributed by atoms with E-state index in [0.717, 1.165) is 0 Å². The molecule has 1 spiro atoms. The number of rotatable bonds is 2. The van der Waals surface area contributed by atoms with Crippen LogP contribution in [0.15, 0.2) is 32.3 Å². The molecule has 2 amide bonds. The van der Waals surface area contributed by atoms with Gasteiger partial charge in [-0.3, -0.25) is 4.98 Å². The van der Waals surface area contributed by atoms with Crippen LogP contribution in [-0.2, 0) is 10.0 Å². The molecule has 24 heavy (non-hydrogen) atoms. The van der Waals surface area contributed by atoms with Gasteiger partial charge in [0.15, 0.2) is 5.58 Å². The maximum absolute atomic E-state index is 12.8. The maximum atomic E-state index is 12.8. The number of aromatic amines is 1. The Bertz CT molecular complexity index is 968. The highest BCUT2D eigenvalue weighted by molar-refractivity contribution is 7.89. The minimum Gasteiger partial charge on any atom is -0.408 e. The smallest absolute Gasteiger partial charge is 0.408 e. The number of hydrogen-bond acceptors (Lipinski definition) is 5. The van der Waals surface area contributed by atoms with E-state index < -0.39 is 15.8 Å². The van der Waals surface area contributed by atoms with E-state index in [4.69, 9.17) is 4.42 Å². The van der Waals surface area contributed by atoms with Crippen molar-refractivity contribution in [3.63, 3.8) is 0 Å². The SMILES string of the molecule is O=C1NCC2(CCN(S(=O)(=O)c3ccc4[nH]c(=O)oc4c3)CC2)N1. The zero-order chi connectivity index (χ0) is 16.9. The number of carbonyl (C=O) groups excluding carboxylic acids is 1. The maximum Gasteiger partial charge on any atom is 0.417 e. The third kappa shape index (κ3) is 2.38. The second-order valence-electron chi connectivity index (χ2n) is 6.16. The molecule has 2 aliphatic rings. The molecule has 4 rings (SSSR count). The topological polar surface area (TPSA) is 125 Å². The lowest BCUT2D eigenvalue weighted by Crippen LogP contribution is -2.53. The average Bonchev–Trinajstić information content (AvgIpc) is 3.09. The molecule has 2 aromatic rings. The number of sulfonamides is 1. The predicted molar refractivity (Wildman–Crippen MR) is 84.1 cm³/mol. The molecule has 9 nitrogen and oxygen atoms in total. The Morgan fingerprint density at radius 3 is 2.58 bits per heavy atom. The summed E-state index contributed by atoms with van der Waals surface area (Å²) in [4.78, 5) is 25.1. The Morgan fingerprint density at radius 1 is 1.17 bits per heavy atom. The number of fused-ring (bicyclic) bond motifs is 1. The summed E-state index contributed by atoms with van der Waals surface area (Å²) >= 11 is 0. The molecule has 2 saturated heterocycles. The summed E-state index contributed by atoms with van der Waals surface area (Å²) in [5.41, 5.74) is 0.304. The number of oxazole rings is 1. The highest BCUT2D eigenvalue weighted by Crippen LogP contribution is 2.29. The van der Waals surface area contributed by atoms with E-state index in [0.29, 0.717) is 38.0 Å². The van der Waals surface area contributed by atoms with Crippen LogP contribution in [0, 0.1) is 0 Å². The normalized spacial score (nSPS) is 21.1. The highest BCUT2D eigenvalue weighted by atomic mass is 32.2. The van der Waals surface area contributed by atoms with Gasteiger partial charge in [0.25, 0.3) is 0 Å². The highest BCUT2D eigenvalue weighted by Gasteiger charge is 2.42. The summed E-state index contributed by atoms with van der Waals surface area (Å²) < 4.78 is 31.9. The van der Waals surface area contributed by atoms with Crippen LogP contribution in [-0.4, -0.2) is 48.9 Å². The molecule has 0 aliphatic carbocycles. The standard InChI is InChI=1S/C14H16N4O5S/c19-12-15-8-14(17-12)3-5-18(6-4-14)24(21,22)9-1-2-10-11(7-9)23-13(20)16-10/h1-2,7H,3-6,8H2,(H,16,20)(H2,15,17,19).